The molecule has 3 rings (SSSR count). The SMILES string of the molecule is N#CCOc1ccc2ccccc2c1CNC1CC1. The fourth-order valence-electron chi connectivity index (χ4n) is 2.28. The molecule has 0 aromatic heterocycles. The zero-order chi connectivity index (χ0) is 13.1. The van der Waals surface area contributed by atoms with E-state index in [1.807, 2.05) is 30.3 Å². The molecule has 0 atom stereocenters. The van der Waals surface area contributed by atoms with Crippen LogP contribution < -0.4 is 10.1 Å². The lowest BCUT2D eigenvalue weighted by Gasteiger charge is -2.13. The molecular weight excluding hydrogens is 236 g/mol. The topological polar surface area (TPSA) is 45.0 Å². The van der Waals surface area contributed by atoms with Gasteiger partial charge in [-0.25, -0.2) is 0 Å². The van der Waals surface area contributed by atoms with Gasteiger partial charge in [-0.1, -0.05) is 30.3 Å². The molecule has 3 nitrogen and oxygen atoms in total. The summed E-state index contributed by atoms with van der Waals surface area (Å²) < 4.78 is 5.55. The van der Waals surface area contributed by atoms with Gasteiger partial charge in [0.2, 0.25) is 0 Å². The van der Waals surface area contributed by atoms with Crippen molar-refractivity contribution in [1.29, 1.82) is 5.26 Å². The zero-order valence-corrected chi connectivity index (χ0v) is 10.7. The fraction of sp³-hybridized carbons (Fsp3) is 0.312. The van der Waals surface area contributed by atoms with Crippen molar-refractivity contribution in [3.05, 3.63) is 42.0 Å². The van der Waals surface area contributed by atoms with Crippen LogP contribution in [0.25, 0.3) is 10.8 Å². The second-order valence-corrected chi connectivity index (χ2v) is 4.87. The summed E-state index contributed by atoms with van der Waals surface area (Å²) >= 11 is 0. The Morgan fingerprint density at radius 2 is 2.05 bits per heavy atom. The van der Waals surface area contributed by atoms with Gasteiger partial charge < -0.3 is 10.1 Å². The second kappa shape index (κ2) is 5.29. The smallest absolute Gasteiger partial charge is 0.174 e. The highest BCUT2D eigenvalue weighted by Gasteiger charge is 2.21. The highest BCUT2D eigenvalue weighted by molar-refractivity contribution is 5.87. The van der Waals surface area contributed by atoms with E-state index in [4.69, 9.17) is 10.00 Å². The molecule has 0 aliphatic heterocycles. The maximum absolute atomic E-state index is 8.67. The third-order valence-electron chi connectivity index (χ3n) is 3.43. The molecule has 96 valence electrons. The third-order valence-corrected chi connectivity index (χ3v) is 3.43. The van der Waals surface area contributed by atoms with Gasteiger partial charge in [0.15, 0.2) is 6.61 Å². The van der Waals surface area contributed by atoms with Gasteiger partial charge in [-0.2, -0.15) is 5.26 Å². The molecule has 0 saturated heterocycles. The van der Waals surface area contributed by atoms with Crippen LogP contribution in [0.2, 0.25) is 0 Å². The van der Waals surface area contributed by atoms with Crippen molar-refractivity contribution in [2.45, 2.75) is 25.4 Å². The maximum atomic E-state index is 8.67. The predicted molar refractivity (Wildman–Crippen MR) is 74.9 cm³/mol. The Bertz CT molecular complexity index is 626. The van der Waals surface area contributed by atoms with Gasteiger partial charge in [-0.05, 0) is 29.7 Å². The molecule has 0 radical (unpaired) electrons. The van der Waals surface area contributed by atoms with Gasteiger partial charge in [-0.3, -0.25) is 0 Å². The molecule has 2 aromatic carbocycles. The lowest BCUT2D eigenvalue weighted by Crippen LogP contribution is -2.16. The highest BCUT2D eigenvalue weighted by Crippen LogP contribution is 2.29. The highest BCUT2D eigenvalue weighted by atomic mass is 16.5. The van der Waals surface area contributed by atoms with Crippen molar-refractivity contribution in [1.82, 2.24) is 5.32 Å². The van der Waals surface area contributed by atoms with Crippen LogP contribution in [0.3, 0.4) is 0 Å². The second-order valence-electron chi connectivity index (χ2n) is 4.87. The Morgan fingerprint density at radius 3 is 2.84 bits per heavy atom. The minimum atomic E-state index is 0.0920. The summed E-state index contributed by atoms with van der Waals surface area (Å²) in [5.74, 6) is 0.813. The number of nitrogens with zero attached hydrogens (tertiary/aromatic N) is 1. The molecule has 1 N–H and O–H groups in total. The summed E-state index contributed by atoms with van der Waals surface area (Å²) in [6.07, 6.45) is 2.53. The minimum Gasteiger partial charge on any atom is -0.478 e. The van der Waals surface area contributed by atoms with Gasteiger partial charge in [0.1, 0.15) is 11.8 Å². The molecule has 19 heavy (non-hydrogen) atoms. The van der Waals surface area contributed by atoms with Crippen LogP contribution in [-0.4, -0.2) is 12.6 Å². The first-order chi connectivity index (χ1) is 9.38. The molecule has 3 heteroatoms. The van der Waals surface area contributed by atoms with Crippen molar-refractivity contribution < 1.29 is 4.74 Å². The predicted octanol–water partition coefficient (Wildman–Crippen LogP) is 2.99. The summed E-state index contributed by atoms with van der Waals surface area (Å²) in [5, 5.41) is 14.6. The number of ether oxygens (including phenoxy) is 1. The molecule has 2 aromatic rings. The molecule has 1 saturated carbocycles. The van der Waals surface area contributed by atoms with E-state index in [1.54, 1.807) is 0 Å². The quantitative estimate of drug-likeness (QED) is 0.889. The molecule has 1 aliphatic carbocycles. The average molecular weight is 252 g/mol. The van der Waals surface area contributed by atoms with E-state index in [2.05, 4.69) is 17.4 Å². The molecule has 1 fully saturated rings. The first kappa shape index (κ1) is 12.0. The number of hydrogen-bond acceptors (Lipinski definition) is 3. The van der Waals surface area contributed by atoms with Crippen LogP contribution in [0.15, 0.2) is 36.4 Å². The summed E-state index contributed by atoms with van der Waals surface area (Å²) in [4.78, 5) is 0. The van der Waals surface area contributed by atoms with Gasteiger partial charge in [0.25, 0.3) is 0 Å². The Labute approximate surface area is 112 Å². The molecule has 0 spiro atoms. The fourth-order valence-corrected chi connectivity index (χ4v) is 2.28. The summed E-state index contributed by atoms with van der Waals surface area (Å²) in [6.45, 7) is 0.890. The van der Waals surface area contributed by atoms with Gasteiger partial charge in [0.05, 0.1) is 0 Å². The normalized spacial score (nSPS) is 14.3. The van der Waals surface area contributed by atoms with Crippen LogP contribution in [0.4, 0.5) is 0 Å². The summed E-state index contributed by atoms with van der Waals surface area (Å²) in [7, 11) is 0. The minimum absolute atomic E-state index is 0.0920. The van der Waals surface area contributed by atoms with E-state index in [0.29, 0.717) is 6.04 Å². The summed E-state index contributed by atoms with van der Waals surface area (Å²) in [6, 6.07) is 15.0. The molecule has 0 amide bonds. The van der Waals surface area contributed by atoms with Gasteiger partial charge in [-0.15, -0.1) is 0 Å². The van der Waals surface area contributed by atoms with Crippen LogP contribution in [0, 0.1) is 11.3 Å². The number of hydrogen-bond donors (Lipinski definition) is 1. The standard InChI is InChI=1S/C16H16N2O/c17-9-10-19-16-8-5-12-3-1-2-4-14(12)15(16)11-18-13-6-7-13/h1-5,8,13,18H,6-7,10-11H2. The Balaban J connectivity index is 1.97. The van der Waals surface area contributed by atoms with E-state index in [0.717, 1.165) is 17.9 Å². The molecule has 1 aliphatic rings. The number of nitriles is 1. The van der Waals surface area contributed by atoms with Crippen LogP contribution in [0.5, 0.6) is 5.75 Å². The van der Waals surface area contributed by atoms with Crippen LogP contribution in [-0.2, 0) is 6.54 Å². The monoisotopic (exact) mass is 252 g/mol. The van der Waals surface area contributed by atoms with E-state index in [1.165, 1.54) is 23.6 Å². The first-order valence-corrected chi connectivity index (χ1v) is 6.62. The van der Waals surface area contributed by atoms with Crippen LogP contribution >= 0.6 is 0 Å². The third kappa shape index (κ3) is 2.69. The van der Waals surface area contributed by atoms with Crippen molar-refractivity contribution in [2.24, 2.45) is 0 Å². The van der Waals surface area contributed by atoms with Gasteiger partial charge in [0, 0.05) is 18.2 Å². The van der Waals surface area contributed by atoms with E-state index >= 15 is 0 Å². The Hall–Kier alpha value is -2.05. The first-order valence-electron chi connectivity index (χ1n) is 6.62. The lowest BCUT2D eigenvalue weighted by molar-refractivity contribution is 0.363. The van der Waals surface area contributed by atoms with Crippen LogP contribution in [0.1, 0.15) is 18.4 Å². The number of rotatable bonds is 5. The van der Waals surface area contributed by atoms with E-state index in [-0.39, 0.29) is 6.61 Å². The van der Waals surface area contributed by atoms with E-state index < -0.39 is 0 Å². The van der Waals surface area contributed by atoms with Gasteiger partial charge >= 0.3 is 0 Å². The summed E-state index contributed by atoms with van der Waals surface area (Å²) in [5.41, 5.74) is 1.15. The molecule has 0 heterocycles. The molecule has 0 unspecified atom stereocenters. The zero-order valence-electron chi connectivity index (χ0n) is 10.7. The molecular formula is C16H16N2O. The van der Waals surface area contributed by atoms with E-state index in [9.17, 15) is 0 Å². The number of benzene rings is 2. The number of fused-ring (bicyclic) bond motifs is 1. The largest absolute Gasteiger partial charge is 0.478 e. The Morgan fingerprint density at radius 1 is 1.21 bits per heavy atom. The Kier molecular flexibility index (Phi) is 3.35. The maximum Gasteiger partial charge on any atom is 0.174 e. The lowest BCUT2D eigenvalue weighted by atomic mass is 10.0. The van der Waals surface area contributed by atoms with Crippen molar-refractivity contribution >= 4 is 10.8 Å². The average Bonchev–Trinajstić information content (AvgIpc) is 3.27. The number of nitrogens with one attached hydrogen (secondary N) is 1. The van der Waals surface area contributed by atoms with Crippen molar-refractivity contribution in [2.75, 3.05) is 6.61 Å². The van der Waals surface area contributed by atoms with Crippen molar-refractivity contribution in [3.63, 3.8) is 0 Å². The van der Waals surface area contributed by atoms with Crippen molar-refractivity contribution in [3.8, 4) is 11.8 Å². The molecule has 0 bridgehead atoms.